The third-order valence-corrected chi connectivity index (χ3v) is 4.78. The summed E-state index contributed by atoms with van der Waals surface area (Å²) < 4.78 is 0. The number of anilines is 1. The molecule has 0 aliphatic carbocycles. The Morgan fingerprint density at radius 3 is 2.48 bits per heavy atom. The summed E-state index contributed by atoms with van der Waals surface area (Å²) in [5, 5.41) is 11.1. The van der Waals surface area contributed by atoms with Crippen LogP contribution in [0.25, 0.3) is 10.9 Å². The minimum Gasteiger partial charge on any atom is -0.362 e. The number of carbonyl (C=O) groups excluding carboxylic acids is 1. The van der Waals surface area contributed by atoms with Crippen LogP contribution in [-0.4, -0.2) is 29.1 Å². The highest BCUT2D eigenvalue weighted by atomic mass is 32.1. The summed E-state index contributed by atoms with van der Waals surface area (Å²) in [7, 11) is 0. The van der Waals surface area contributed by atoms with Crippen LogP contribution in [0.2, 0.25) is 0 Å². The highest BCUT2D eigenvalue weighted by Gasteiger charge is 2.11. The van der Waals surface area contributed by atoms with E-state index in [1.807, 2.05) is 24.3 Å². The van der Waals surface area contributed by atoms with Crippen molar-refractivity contribution >= 4 is 39.8 Å². The quantitative estimate of drug-likeness (QED) is 0.325. The Morgan fingerprint density at radius 2 is 1.70 bits per heavy atom. The van der Waals surface area contributed by atoms with E-state index in [1.165, 1.54) is 19.3 Å². The monoisotopic (exact) mass is 388 g/mol. The van der Waals surface area contributed by atoms with Crippen LogP contribution < -0.4 is 16.0 Å². The first-order valence-corrected chi connectivity index (χ1v) is 10.5. The zero-order valence-corrected chi connectivity index (χ0v) is 17.3. The number of para-hydroxylation sites is 1. The van der Waals surface area contributed by atoms with Crippen LogP contribution in [0, 0.1) is 0 Å². The highest BCUT2D eigenvalue weighted by Crippen LogP contribution is 2.23. The standard InChI is InChI=1S/C21H32N4OS/c1-3-5-7-9-14-23-21(27)25-17-12-10-11-16-15-18(24-19(16)17)20(26)22-13-8-6-4-2/h10-12,15,24H,3-9,13-14H2,1-2H3,(H,22,26)(H2,23,25,27). The minimum atomic E-state index is -0.0649. The number of hydrogen-bond donors (Lipinski definition) is 4. The first-order valence-electron chi connectivity index (χ1n) is 10.1. The molecule has 0 aliphatic rings. The van der Waals surface area contributed by atoms with E-state index in [1.54, 1.807) is 0 Å². The van der Waals surface area contributed by atoms with Crippen LogP contribution in [0.4, 0.5) is 5.69 Å². The summed E-state index contributed by atoms with van der Waals surface area (Å²) >= 11 is 5.40. The largest absolute Gasteiger partial charge is 0.362 e. The van der Waals surface area contributed by atoms with Gasteiger partial charge in [-0.15, -0.1) is 0 Å². The molecule has 0 fully saturated rings. The number of carbonyl (C=O) groups is 1. The molecule has 0 aliphatic heterocycles. The van der Waals surface area contributed by atoms with Crippen LogP contribution in [0.3, 0.4) is 0 Å². The van der Waals surface area contributed by atoms with E-state index in [0.29, 0.717) is 17.4 Å². The second kappa shape index (κ2) is 11.6. The minimum absolute atomic E-state index is 0.0649. The molecule has 1 aromatic carbocycles. The van der Waals surface area contributed by atoms with Crippen molar-refractivity contribution in [2.45, 2.75) is 58.8 Å². The van der Waals surface area contributed by atoms with Crippen LogP contribution in [-0.2, 0) is 0 Å². The summed E-state index contributed by atoms with van der Waals surface area (Å²) in [4.78, 5) is 15.6. The van der Waals surface area contributed by atoms with Crippen LogP contribution in [0.15, 0.2) is 24.3 Å². The maximum atomic E-state index is 12.3. The molecule has 1 heterocycles. The Balaban J connectivity index is 1.94. The molecule has 5 nitrogen and oxygen atoms in total. The number of aromatic nitrogens is 1. The Bertz CT molecular complexity index is 741. The van der Waals surface area contributed by atoms with Gasteiger partial charge in [-0.25, -0.2) is 0 Å². The molecular weight excluding hydrogens is 356 g/mol. The number of hydrogen-bond acceptors (Lipinski definition) is 2. The van der Waals surface area contributed by atoms with Gasteiger partial charge in [-0.05, 0) is 37.2 Å². The van der Waals surface area contributed by atoms with Crippen LogP contribution in [0.1, 0.15) is 69.3 Å². The number of thiocarbonyl (C=S) groups is 1. The van der Waals surface area contributed by atoms with Crippen molar-refractivity contribution in [3.63, 3.8) is 0 Å². The number of H-pyrrole nitrogens is 1. The summed E-state index contributed by atoms with van der Waals surface area (Å²) in [6.45, 7) is 5.94. The number of benzene rings is 1. The van der Waals surface area contributed by atoms with Crippen molar-refractivity contribution in [2.75, 3.05) is 18.4 Å². The van der Waals surface area contributed by atoms with Crippen molar-refractivity contribution in [1.82, 2.24) is 15.6 Å². The first kappa shape index (κ1) is 21.2. The predicted octanol–water partition coefficient (Wildman–Crippen LogP) is 4.95. The van der Waals surface area contributed by atoms with Crippen molar-refractivity contribution in [3.8, 4) is 0 Å². The Labute approximate surface area is 167 Å². The summed E-state index contributed by atoms with van der Waals surface area (Å²) in [6, 6.07) is 7.81. The number of rotatable bonds is 11. The van der Waals surface area contributed by atoms with Gasteiger partial charge in [-0.3, -0.25) is 4.79 Å². The molecule has 27 heavy (non-hydrogen) atoms. The molecular formula is C21H32N4OS. The van der Waals surface area contributed by atoms with Gasteiger partial charge < -0.3 is 20.9 Å². The molecule has 0 atom stereocenters. The summed E-state index contributed by atoms with van der Waals surface area (Å²) in [6.07, 6.45) is 8.10. The lowest BCUT2D eigenvalue weighted by Crippen LogP contribution is -2.29. The molecule has 4 N–H and O–H groups in total. The van der Waals surface area contributed by atoms with Crippen LogP contribution >= 0.6 is 12.2 Å². The van der Waals surface area contributed by atoms with Gasteiger partial charge in [-0.2, -0.15) is 0 Å². The second-order valence-electron chi connectivity index (χ2n) is 6.86. The van der Waals surface area contributed by atoms with Crippen molar-refractivity contribution in [3.05, 3.63) is 30.0 Å². The molecule has 0 radical (unpaired) electrons. The summed E-state index contributed by atoms with van der Waals surface area (Å²) in [5.74, 6) is -0.0649. The lowest BCUT2D eigenvalue weighted by molar-refractivity contribution is 0.0949. The van der Waals surface area contributed by atoms with Gasteiger partial charge in [0.25, 0.3) is 5.91 Å². The van der Waals surface area contributed by atoms with E-state index in [9.17, 15) is 4.79 Å². The number of amides is 1. The van der Waals surface area contributed by atoms with Crippen molar-refractivity contribution in [1.29, 1.82) is 0 Å². The fourth-order valence-corrected chi connectivity index (χ4v) is 3.19. The van der Waals surface area contributed by atoms with E-state index in [-0.39, 0.29) is 5.91 Å². The van der Waals surface area contributed by atoms with Gasteiger partial charge in [-0.1, -0.05) is 58.1 Å². The summed E-state index contributed by atoms with van der Waals surface area (Å²) in [5.41, 5.74) is 2.35. The molecule has 6 heteroatoms. The molecule has 0 bridgehead atoms. The fourth-order valence-electron chi connectivity index (χ4n) is 2.98. The topological polar surface area (TPSA) is 68.9 Å². The van der Waals surface area contributed by atoms with Crippen molar-refractivity contribution < 1.29 is 4.79 Å². The fraction of sp³-hybridized carbons (Fsp3) is 0.524. The maximum Gasteiger partial charge on any atom is 0.267 e. The molecule has 1 aromatic heterocycles. The Kier molecular flexibility index (Phi) is 9.11. The molecule has 2 aromatic rings. The Morgan fingerprint density at radius 1 is 1.00 bits per heavy atom. The van der Waals surface area contributed by atoms with Crippen LogP contribution in [0.5, 0.6) is 0 Å². The van der Waals surface area contributed by atoms with E-state index < -0.39 is 0 Å². The molecule has 0 spiro atoms. The first-order chi connectivity index (χ1) is 13.2. The average molecular weight is 389 g/mol. The predicted molar refractivity (Wildman–Crippen MR) is 119 cm³/mol. The molecule has 0 saturated carbocycles. The number of nitrogens with one attached hydrogen (secondary N) is 4. The van der Waals surface area contributed by atoms with E-state index in [0.717, 1.165) is 48.8 Å². The maximum absolute atomic E-state index is 12.3. The number of unbranched alkanes of at least 4 members (excludes halogenated alkanes) is 5. The van der Waals surface area contributed by atoms with Gasteiger partial charge in [0, 0.05) is 18.5 Å². The van der Waals surface area contributed by atoms with E-state index >= 15 is 0 Å². The zero-order chi connectivity index (χ0) is 19.5. The molecule has 0 saturated heterocycles. The SMILES string of the molecule is CCCCCCNC(=S)Nc1cccc2cc(C(=O)NCCCCC)[nH]c12. The third kappa shape index (κ3) is 6.86. The molecule has 0 unspecified atom stereocenters. The highest BCUT2D eigenvalue weighted by molar-refractivity contribution is 7.80. The molecule has 148 valence electrons. The van der Waals surface area contributed by atoms with Gasteiger partial charge >= 0.3 is 0 Å². The number of aromatic amines is 1. The molecule has 1 amide bonds. The van der Waals surface area contributed by atoms with Gasteiger partial charge in [0.2, 0.25) is 0 Å². The lowest BCUT2D eigenvalue weighted by atomic mass is 10.2. The van der Waals surface area contributed by atoms with Gasteiger partial charge in [0.15, 0.2) is 5.11 Å². The van der Waals surface area contributed by atoms with Gasteiger partial charge in [0.1, 0.15) is 5.69 Å². The normalized spacial score (nSPS) is 10.7. The third-order valence-electron chi connectivity index (χ3n) is 4.53. The zero-order valence-electron chi connectivity index (χ0n) is 16.5. The van der Waals surface area contributed by atoms with Gasteiger partial charge in [0.05, 0.1) is 11.2 Å². The number of fused-ring (bicyclic) bond motifs is 1. The second-order valence-corrected chi connectivity index (χ2v) is 7.27. The average Bonchev–Trinajstić information content (AvgIpc) is 3.10. The van der Waals surface area contributed by atoms with Crippen molar-refractivity contribution in [2.24, 2.45) is 0 Å². The van der Waals surface area contributed by atoms with E-state index in [2.05, 4.69) is 34.8 Å². The smallest absolute Gasteiger partial charge is 0.267 e. The molecule has 2 rings (SSSR count). The van der Waals surface area contributed by atoms with E-state index in [4.69, 9.17) is 12.2 Å². The lowest BCUT2D eigenvalue weighted by Gasteiger charge is -2.11. The Hall–Kier alpha value is -2.08.